The summed E-state index contributed by atoms with van der Waals surface area (Å²) in [6.45, 7) is 2.86. The molecule has 1 aromatic rings. The lowest BCUT2D eigenvalue weighted by Gasteiger charge is -2.04. The van der Waals surface area contributed by atoms with Gasteiger partial charge in [0.15, 0.2) is 0 Å². The van der Waals surface area contributed by atoms with Gasteiger partial charge in [0.2, 0.25) is 5.91 Å². The maximum Gasteiger partial charge on any atom is 0.220 e. The Hall–Kier alpha value is -0.350. The summed E-state index contributed by atoms with van der Waals surface area (Å²) in [5, 5.41) is 5.00. The smallest absolute Gasteiger partial charge is 0.220 e. The van der Waals surface area contributed by atoms with E-state index in [2.05, 4.69) is 28.2 Å². The molecule has 0 fully saturated rings. The van der Waals surface area contributed by atoms with Crippen LogP contribution in [0, 0.1) is 0 Å². The van der Waals surface area contributed by atoms with Gasteiger partial charge in [0.05, 0.1) is 6.54 Å². The lowest BCUT2D eigenvalue weighted by Crippen LogP contribution is -2.21. The summed E-state index contributed by atoms with van der Waals surface area (Å²) < 4.78 is 1.09. The molecule has 0 saturated carbocycles. The molecule has 1 amide bonds. The minimum Gasteiger partial charge on any atom is -0.351 e. The van der Waals surface area contributed by atoms with Crippen molar-refractivity contribution < 1.29 is 4.79 Å². The molecular formula is C14H22BrNOS. The first-order valence-corrected chi connectivity index (χ1v) is 8.40. The van der Waals surface area contributed by atoms with Crippen LogP contribution in [0.4, 0.5) is 0 Å². The average molecular weight is 332 g/mol. The maximum atomic E-state index is 11.6. The molecule has 0 aliphatic carbocycles. The van der Waals surface area contributed by atoms with Crippen molar-refractivity contribution in [2.24, 2.45) is 0 Å². The van der Waals surface area contributed by atoms with Crippen molar-refractivity contribution in [3.8, 4) is 0 Å². The minimum atomic E-state index is 0.172. The van der Waals surface area contributed by atoms with Crippen LogP contribution < -0.4 is 5.32 Å². The molecule has 2 nitrogen and oxygen atoms in total. The predicted molar refractivity (Wildman–Crippen MR) is 81.9 cm³/mol. The molecule has 0 unspecified atom stereocenters. The van der Waals surface area contributed by atoms with Crippen molar-refractivity contribution in [2.45, 2.75) is 58.4 Å². The number of carbonyl (C=O) groups excluding carboxylic acids is 1. The van der Waals surface area contributed by atoms with Crippen molar-refractivity contribution in [3.05, 3.63) is 20.8 Å². The van der Waals surface area contributed by atoms with Gasteiger partial charge in [0, 0.05) is 15.8 Å². The standard InChI is InChI=1S/C14H22BrNOS/c1-2-3-4-5-6-7-8-14(17)16-11-13-12(15)9-10-18-13/h9-10H,2-8,11H2,1H3,(H,16,17). The van der Waals surface area contributed by atoms with Crippen LogP contribution in [0.15, 0.2) is 15.9 Å². The summed E-state index contributed by atoms with van der Waals surface area (Å²) in [4.78, 5) is 12.8. The lowest BCUT2D eigenvalue weighted by molar-refractivity contribution is -0.121. The number of unbranched alkanes of at least 4 members (excludes halogenated alkanes) is 5. The van der Waals surface area contributed by atoms with E-state index in [0.717, 1.165) is 10.9 Å². The number of hydrogen-bond donors (Lipinski definition) is 1. The molecule has 1 heterocycles. The van der Waals surface area contributed by atoms with Crippen molar-refractivity contribution >= 4 is 33.2 Å². The third-order valence-corrected chi connectivity index (χ3v) is 4.82. The van der Waals surface area contributed by atoms with E-state index in [1.807, 2.05) is 11.4 Å². The molecule has 0 saturated heterocycles. The topological polar surface area (TPSA) is 29.1 Å². The number of thiophene rings is 1. The predicted octanol–water partition coefficient (Wildman–Crippen LogP) is 4.88. The van der Waals surface area contributed by atoms with E-state index >= 15 is 0 Å². The number of halogens is 1. The zero-order valence-corrected chi connectivity index (χ0v) is 13.4. The summed E-state index contributed by atoms with van der Waals surface area (Å²) in [6, 6.07) is 2.01. The van der Waals surface area contributed by atoms with Crippen LogP contribution in [0.5, 0.6) is 0 Å². The number of carbonyl (C=O) groups is 1. The third kappa shape index (κ3) is 6.55. The van der Waals surface area contributed by atoms with Crippen molar-refractivity contribution in [2.75, 3.05) is 0 Å². The first kappa shape index (κ1) is 15.7. The molecule has 0 aromatic carbocycles. The summed E-state index contributed by atoms with van der Waals surface area (Å²) in [5.74, 6) is 0.172. The van der Waals surface area contributed by atoms with Gasteiger partial charge in [-0.05, 0) is 33.8 Å². The molecule has 1 rings (SSSR count). The number of hydrogen-bond acceptors (Lipinski definition) is 2. The SMILES string of the molecule is CCCCCCCCC(=O)NCc1sccc1Br. The van der Waals surface area contributed by atoms with Crippen molar-refractivity contribution in [1.82, 2.24) is 5.32 Å². The average Bonchev–Trinajstić information content (AvgIpc) is 2.77. The summed E-state index contributed by atoms with van der Waals surface area (Å²) >= 11 is 5.13. The van der Waals surface area contributed by atoms with Crippen molar-refractivity contribution in [1.29, 1.82) is 0 Å². The van der Waals surface area contributed by atoms with E-state index in [9.17, 15) is 4.79 Å². The highest BCUT2D eigenvalue weighted by molar-refractivity contribution is 9.10. The molecule has 0 spiro atoms. The third-order valence-electron chi connectivity index (χ3n) is 2.89. The van der Waals surface area contributed by atoms with Gasteiger partial charge >= 0.3 is 0 Å². The highest BCUT2D eigenvalue weighted by atomic mass is 79.9. The van der Waals surface area contributed by atoms with Crippen LogP contribution in [-0.2, 0) is 11.3 Å². The zero-order valence-electron chi connectivity index (χ0n) is 11.0. The van der Waals surface area contributed by atoms with E-state index in [-0.39, 0.29) is 5.91 Å². The second kappa shape index (κ2) is 9.56. The number of amides is 1. The molecule has 0 atom stereocenters. The molecule has 4 heteroatoms. The first-order valence-electron chi connectivity index (χ1n) is 6.72. The van der Waals surface area contributed by atoms with Gasteiger partial charge in [0.1, 0.15) is 0 Å². The summed E-state index contributed by atoms with van der Waals surface area (Å²) in [6.07, 6.45) is 8.01. The first-order chi connectivity index (χ1) is 8.74. The Kier molecular flexibility index (Phi) is 8.34. The Balaban J connectivity index is 2.02. The van der Waals surface area contributed by atoms with E-state index < -0.39 is 0 Å². The van der Waals surface area contributed by atoms with Gasteiger partial charge < -0.3 is 5.32 Å². The van der Waals surface area contributed by atoms with Gasteiger partial charge in [-0.1, -0.05) is 39.0 Å². The Bertz CT molecular complexity index is 351. The maximum absolute atomic E-state index is 11.6. The van der Waals surface area contributed by atoms with Crippen LogP contribution in [0.25, 0.3) is 0 Å². The Morgan fingerprint density at radius 2 is 2.00 bits per heavy atom. The van der Waals surface area contributed by atoms with Crippen LogP contribution in [0.1, 0.15) is 56.7 Å². The normalized spacial score (nSPS) is 10.6. The molecule has 0 aliphatic heterocycles. The molecule has 102 valence electrons. The van der Waals surface area contributed by atoms with Crippen molar-refractivity contribution in [3.63, 3.8) is 0 Å². The zero-order chi connectivity index (χ0) is 13.2. The van der Waals surface area contributed by atoms with E-state index in [1.165, 1.54) is 37.0 Å². The monoisotopic (exact) mass is 331 g/mol. The van der Waals surface area contributed by atoms with Gasteiger partial charge in [-0.2, -0.15) is 0 Å². The minimum absolute atomic E-state index is 0.172. The lowest BCUT2D eigenvalue weighted by atomic mass is 10.1. The van der Waals surface area contributed by atoms with Gasteiger partial charge in [-0.3, -0.25) is 4.79 Å². The number of nitrogens with one attached hydrogen (secondary N) is 1. The Labute approximate surface area is 122 Å². The summed E-state index contributed by atoms with van der Waals surface area (Å²) in [5.41, 5.74) is 0. The number of rotatable bonds is 9. The van der Waals surface area contributed by atoms with E-state index in [1.54, 1.807) is 11.3 Å². The van der Waals surface area contributed by atoms with Crippen LogP contribution in [-0.4, -0.2) is 5.91 Å². The second-order valence-corrected chi connectivity index (χ2v) is 6.34. The Morgan fingerprint density at radius 3 is 2.67 bits per heavy atom. The highest BCUT2D eigenvalue weighted by Gasteiger charge is 2.04. The molecular weight excluding hydrogens is 310 g/mol. The quantitative estimate of drug-likeness (QED) is 0.642. The molecule has 18 heavy (non-hydrogen) atoms. The second-order valence-electron chi connectivity index (χ2n) is 4.49. The summed E-state index contributed by atoms with van der Waals surface area (Å²) in [7, 11) is 0. The van der Waals surface area contributed by atoms with Gasteiger partial charge in [-0.15, -0.1) is 11.3 Å². The highest BCUT2D eigenvalue weighted by Crippen LogP contribution is 2.22. The molecule has 0 bridgehead atoms. The van der Waals surface area contributed by atoms with Gasteiger partial charge in [0.25, 0.3) is 0 Å². The Morgan fingerprint density at radius 1 is 1.28 bits per heavy atom. The molecule has 0 aliphatic rings. The van der Waals surface area contributed by atoms with E-state index in [0.29, 0.717) is 13.0 Å². The fraction of sp³-hybridized carbons (Fsp3) is 0.643. The van der Waals surface area contributed by atoms with Crippen LogP contribution in [0.2, 0.25) is 0 Å². The molecule has 1 aromatic heterocycles. The fourth-order valence-corrected chi connectivity index (χ4v) is 3.22. The van der Waals surface area contributed by atoms with E-state index in [4.69, 9.17) is 0 Å². The molecule has 0 radical (unpaired) electrons. The largest absolute Gasteiger partial charge is 0.351 e. The van der Waals surface area contributed by atoms with Gasteiger partial charge in [-0.25, -0.2) is 0 Å². The fourth-order valence-electron chi connectivity index (χ4n) is 1.78. The molecule has 1 N–H and O–H groups in total. The van der Waals surface area contributed by atoms with Crippen LogP contribution in [0.3, 0.4) is 0 Å². The van der Waals surface area contributed by atoms with Crippen LogP contribution >= 0.6 is 27.3 Å².